The summed E-state index contributed by atoms with van der Waals surface area (Å²) in [6.07, 6.45) is 8.35. The lowest BCUT2D eigenvalue weighted by Crippen LogP contribution is -2.30. The smallest absolute Gasteiger partial charge is 0.155 e. The molecule has 76 valence electrons. The molecule has 1 fully saturated rings. The first-order valence-electron chi connectivity index (χ1n) is 5.07. The van der Waals surface area contributed by atoms with Crippen LogP contribution in [0.4, 0.5) is 11.5 Å². The van der Waals surface area contributed by atoms with Crippen molar-refractivity contribution in [3.8, 4) is 0 Å². The predicted octanol–water partition coefficient (Wildman–Crippen LogP) is 1.44. The normalized spacial score (nSPS) is 17.2. The molecule has 1 heterocycles. The topological polar surface area (TPSA) is 55.0 Å². The van der Waals surface area contributed by atoms with Crippen LogP contribution in [0.1, 0.15) is 25.7 Å². The van der Waals surface area contributed by atoms with E-state index in [4.69, 9.17) is 5.73 Å². The van der Waals surface area contributed by atoms with Crippen LogP contribution in [0.25, 0.3) is 0 Å². The molecule has 0 unspecified atom stereocenters. The molecule has 0 atom stereocenters. The largest absolute Gasteiger partial charge is 0.394 e. The highest BCUT2D eigenvalue weighted by molar-refractivity contribution is 5.60. The quantitative estimate of drug-likeness (QED) is 0.770. The lowest BCUT2D eigenvalue weighted by atomic mass is 10.2. The Balaban J connectivity index is 2.17. The molecule has 2 rings (SSSR count). The van der Waals surface area contributed by atoms with Crippen molar-refractivity contribution in [3.05, 3.63) is 12.5 Å². The number of nitrogens with two attached hydrogens (primary N) is 1. The van der Waals surface area contributed by atoms with Gasteiger partial charge in [0.15, 0.2) is 5.82 Å². The molecule has 14 heavy (non-hydrogen) atoms. The number of rotatable bonds is 2. The zero-order valence-corrected chi connectivity index (χ0v) is 8.48. The Kier molecular flexibility index (Phi) is 2.52. The van der Waals surface area contributed by atoms with Crippen LogP contribution in [0.2, 0.25) is 0 Å². The highest BCUT2D eigenvalue weighted by atomic mass is 15.2. The van der Waals surface area contributed by atoms with Gasteiger partial charge < -0.3 is 10.6 Å². The van der Waals surface area contributed by atoms with Gasteiger partial charge in [0.25, 0.3) is 0 Å². The summed E-state index contributed by atoms with van der Waals surface area (Å²) in [5.41, 5.74) is 6.49. The van der Waals surface area contributed by atoms with E-state index in [0.717, 1.165) is 5.82 Å². The first kappa shape index (κ1) is 9.24. The highest BCUT2D eigenvalue weighted by Gasteiger charge is 2.21. The summed E-state index contributed by atoms with van der Waals surface area (Å²) in [6, 6.07) is 0.604. The maximum Gasteiger partial charge on any atom is 0.155 e. The van der Waals surface area contributed by atoms with Crippen LogP contribution >= 0.6 is 0 Å². The number of nitrogens with zero attached hydrogens (tertiary/aromatic N) is 3. The van der Waals surface area contributed by atoms with Crippen LogP contribution in [0, 0.1) is 0 Å². The van der Waals surface area contributed by atoms with E-state index < -0.39 is 0 Å². The van der Waals surface area contributed by atoms with Crippen molar-refractivity contribution in [2.45, 2.75) is 31.7 Å². The van der Waals surface area contributed by atoms with Crippen molar-refractivity contribution in [3.63, 3.8) is 0 Å². The molecule has 0 spiro atoms. The standard InChI is InChI=1S/C10H16N4/c1-14(8-4-2-3-5-8)10-9(11)6-12-7-13-10/h6-8H,2-5,11H2,1H3. The molecule has 1 aliphatic carbocycles. The minimum atomic E-state index is 0.604. The minimum Gasteiger partial charge on any atom is -0.394 e. The second-order valence-corrected chi connectivity index (χ2v) is 3.85. The predicted molar refractivity (Wildman–Crippen MR) is 57.1 cm³/mol. The van der Waals surface area contributed by atoms with E-state index >= 15 is 0 Å². The van der Waals surface area contributed by atoms with Crippen LogP contribution in [-0.2, 0) is 0 Å². The third kappa shape index (κ3) is 1.64. The van der Waals surface area contributed by atoms with Gasteiger partial charge in [-0.15, -0.1) is 0 Å². The molecule has 0 aromatic carbocycles. The van der Waals surface area contributed by atoms with E-state index in [0.29, 0.717) is 11.7 Å². The van der Waals surface area contributed by atoms with Gasteiger partial charge in [0.1, 0.15) is 6.33 Å². The Hall–Kier alpha value is -1.32. The summed E-state index contributed by atoms with van der Waals surface area (Å²) < 4.78 is 0. The molecular formula is C10H16N4. The van der Waals surface area contributed by atoms with Gasteiger partial charge in [-0.3, -0.25) is 0 Å². The van der Waals surface area contributed by atoms with Crippen molar-refractivity contribution in [1.82, 2.24) is 9.97 Å². The van der Waals surface area contributed by atoms with Crippen LogP contribution < -0.4 is 10.6 Å². The maximum absolute atomic E-state index is 5.82. The number of anilines is 2. The summed E-state index contributed by atoms with van der Waals surface area (Å²) in [5.74, 6) is 0.868. The van der Waals surface area contributed by atoms with Crippen molar-refractivity contribution in [2.75, 3.05) is 17.7 Å². The van der Waals surface area contributed by atoms with E-state index in [2.05, 4.69) is 21.9 Å². The fourth-order valence-corrected chi connectivity index (χ4v) is 2.09. The number of hydrogen-bond donors (Lipinski definition) is 1. The average molecular weight is 192 g/mol. The van der Waals surface area contributed by atoms with Crippen molar-refractivity contribution < 1.29 is 0 Å². The Bertz CT molecular complexity index is 307. The molecule has 2 N–H and O–H groups in total. The monoisotopic (exact) mass is 192 g/mol. The molecule has 4 nitrogen and oxygen atoms in total. The highest BCUT2D eigenvalue weighted by Crippen LogP contribution is 2.27. The minimum absolute atomic E-state index is 0.604. The van der Waals surface area contributed by atoms with E-state index in [9.17, 15) is 0 Å². The Labute approximate surface area is 84.2 Å². The molecule has 0 amide bonds. The maximum atomic E-state index is 5.82. The first-order valence-corrected chi connectivity index (χ1v) is 5.07. The van der Waals surface area contributed by atoms with Gasteiger partial charge in [-0.05, 0) is 12.8 Å². The molecule has 0 radical (unpaired) electrons. The molecular weight excluding hydrogens is 176 g/mol. The van der Waals surface area contributed by atoms with Crippen LogP contribution in [0.3, 0.4) is 0 Å². The van der Waals surface area contributed by atoms with Gasteiger partial charge in [0.2, 0.25) is 0 Å². The third-order valence-corrected chi connectivity index (χ3v) is 2.93. The second kappa shape index (κ2) is 3.82. The van der Waals surface area contributed by atoms with Crippen molar-refractivity contribution in [1.29, 1.82) is 0 Å². The summed E-state index contributed by atoms with van der Waals surface area (Å²) in [5, 5.41) is 0. The van der Waals surface area contributed by atoms with E-state index in [1.807, 2.05) is 0 Å². The SMILES string of the molecule is CN(c1ncncc1N)C1CCCC1. The zero-order valence-electron chi connectivity index (χ0n) is 8.48. The van der Waals surface area contributed by atoms with Gasteiger partial charge in [-0.25, -0.2) is 9.97 Å². The molecule has 0 aliphatic heterocycles. The fraction of sp³-hybridized carbons (Fsp3) is 0.600. The molecule has 0 saturated heterocycles. The van der Waals surface area contributed by atoms with Crippen molar-refractivity contribution >= 4 is 11.5 Å². The van der Waals surface area contributed by atoms with Crippen LogP contribution in [-0.4, -0.2) is 23.1 Å². The van der Waals surface area contributed by atoms with Gasteiger partial charge in [0, 0.05) is 13.1 Å². The second-order valence-electron chi connectivity index (χ2n) is 3.85. The zero-order chi connectivity index (χ0) is 9.97. The van der Waals surface area contributed by atoms with E-state index in [-0.39, 0.29) is 0 Å². The Morgan fingerprint density at radius 2 is 2.14 bits per heavy atom. The number of nitrogen functional groups attached to an aromatic ring is 1. The molecule has 1 aliphatic rings. The Morgan fingerprint density at radius 1 is 1.43 bits per heavy atom. The lowest BCUT2D eigenvalue weighted by Gasteiger charge is -2.25. The molecule has 1 saturated carbocycles. The lowest BCUT2D eigenvalue weighted by molar-refractivity contribution is 0.646. The average Bonchev–Trinajstić information content (AvgIpc) is 2.70. The van der Waals surface area contributed by atoms with Gasteiger partial charge in [-0.1, -0.05) is 12.8 Å². The molecule has 1 aromatic heterocycles. The van der Waals surface area contributed by atoms with Crippen molar-refractivity contribution in [2.24, 2.45) is 0 Å². The fourth-order valence-electron chi connectivity index (χ4n) is 2.09. The first-order chi connectivity index (χ1) is 6.79. The summed E-state index contributed by atoms with van der Waals surface area (Å²) in [7, 11) is 2.06. The third-order valence-electron chi connectivity index (χ3n) is 2.93. The summed E-state index contributed by atoms with van der Waals surface area (Å²) in [6.45, 7) is 0. The van der Waals surface area contributed by atoms with Gasteiger partial charge >= 0.3 is 0 Å². The van der Waals surface area contributed by atoms with Gasteiger partial charge in [-0.2, -0.15) is 0 Å². The van der Waals surface area contributed by atoms with Crippen LogP contribution in [0.5, 0.6) is 0 Å². The van der Waals surface area contributed by atoms with Crippen LogP contribution in [0.15, 0.2) is 12.5 Å². The van der Waals surface area contributed by atoms with Gasteiger partial charge in [0.05, 0.1) is 11.9 Å². The molecule has 4 heteroatoms. The summed E-state index contributed by atoms with van der Waals surface area (Å²) >= 11 is 0. The Morgan fingerprint density at radius 3 is 2.79 bits per heavy atom. The molecule has 0 bridgehead atoms. The van der Waals surface area contributed by atoms with E-state index in [1.165, 1.54) is 25.7 Å². The number of hydrogen-bond acceptors (Lipinski definition) is 4. The molecule has 1 aromatic rings. The van der Waals surface area contributed by atoms with E-state index in [1.54, 1.807) is 12.5 Å². The number of aromatic nitrogens is 2. The summed E-state index contributed by atoms with van der Waals surface area (Å²) in [4.78, 5) is 10.3.